The Bertz CT molecular complexity index is 738. The molecular formula is C18H19F6NO5. The molecule has 0 saturated carbocycles. The Kier molecular flexibility index (Phi) is 7.02. The summed E-state index contributed by atoms with van der Waals surface area (Å²) < 4.78 is 92.3. The van der Waals surface area contributed by atoms with Crippen molar-refractivity contribution in [3.05, 3.63) is 35.9 Å². The van der Waals surface area contributed by atoms with Gasteiger partial charge in [-0.1, -0.05) is 30.3 Å². The minimum atomic E-state index is -6.10. The van der Waals surface area contributed by atoms with Gasteiger partial charge >= 0.3 is 24.3 Å². The summed E-state index contributed by atoms with van der Waals surface area (Å²) in [6.07, 6.45) is -12.2. The lowest BCUT2D eigenvalue weighted by Crippen LogP contribution is -2.64. The predicted molar refractivity (Wildman–Crippen MR) is 88.5 cm³/mol. The number of carbonyl (C=O) groups excluding carboxylic acids is 2. The fourth-order valence-electron chi connectivity index (χ4n) is 3.21. The van der Waals surface area contributed by atoms with Crippen LogP contribution in [0.2, 0.25) is 0 Å². The number of rotatable bonds is 6. The van der Waals surface area contributed by atoms with E-state index in [0.717, 1.165) is 0 Å². The zero-order valence-electron chi connectivity index (χ0n) is 15.9. The van der Waals surface area contributed by atoms with Gasteiger partial charge in [0.15, 0.2) is 0 Å². The van der Waals surface area contributed by atoms with Gasteiger partial charge in [0, 0.05) is 0 Å². The van der Waals surface area contributed by atoms with Gasteiger partial charge in [-0.25, -0.2) is 0 Å². The summed E-state index contributed by atoms with van der Waals surface area (Å²) in [7, 11) is 0. The first-order chi connectivity index (χ1) is 13.9. The van der Waals surface area contributed by atoms with E-state index in [1.165, 1.54) is 38.1 Å². The molecule has 0 radical (unpaired) electrons. The summed E-state index contributed by atoms with van der Waals surface area (Å²) in [4.78, 5) is 29.2. The number of hydrogen-bond acceptors (Lipinski definition) is 6. The zero-order valence-corrected chi connectivity index (χ0v) is 15.9. The lowest BCUT2D eigenvalue weighted by molar-refractivity contribution is -0.413. The number of hydrogen-bond donors (Lipinski definition) is 0. The third kappa shape index (κ3) is 4.24. The summed E-state index contributed by atoms with van der Waals surface area (Å²) in [5, 5.41) is 0.190. The van der Waals surface area contributed by atoms with Crippen molar-refractivity contribution in [2.75, 3.05) is 13.2 Å². The van der Waals surface area contributed by atoms with Crippen LogP contribution in [0.4, 0.5) is 26.3 Å². The molecule has 1 aromatic carbocycles. The summed E-state index contributed by atoms with van der Waals surface area (Å²) in [6.45, 7) is 1.03. The van der Waals surface area contributed by atoms with Crippen LogP contribution in [-0.2, 0) is 30.4 Å². The van der Waals surface area contributed by atoms with Gasteiger partial charge in [-0.3, -0.25) is 14.4 Å². The first kappa shape index (κ1) is 23.9. The van der Waals surface area contributed by atoms with Gasteiger partial charge in [-0.05, 0) is 19.4 Å². The van der Waals surface area contributed by atoms with E-state index in [2.05, 4.69) is 14.3 Å². The molecule has 1 fully saturated rings. The van der Waals surface area contributed by atoms with Crippen LogP contribution >= 0.6 is 0 Å². The van der Waals surface area contributed by atoms with Crippen LogP contribution in [0.5, 0.6) is 0 Å². The molecule has 0 amide bonds. The molecule has 2 atom stereocenters. The standard InChI is InChI=1S/C18H19F6NO5/c1-3-28-14(26)12-13(15(27)29-4-2)25(10-11-8-6-5-7-9-11)30-16(12,17(19,20)21)18(22,23)24/h5-9,12-13H,3-4,10H2,1-2H3/t12-,13+/m0/s1. The van der Waals surface area contributed by atoms with E-state index in [1.807, 2.05) is 0 Å². The molecule has 30 heavy (non-hydrogen) atoms. The van der Waals surface area contributed by atoms with Gasteiger partial charge in [-0.15, -0.1) is 0 Å². The molecule has 12 heteroatoms. The normalized spacial score (nSPS) is 22.0. The number of benzene rings is 1. The number of esters is 2. The van der Waals surface area contributed by atoms with Gasteiger partial charge in [-0.2, -0.15) is 31.4 Å². The average Bonchev–Trinajstić information content (AvgIpc) is 2.99. The van der Waals surface area contributed by atoms with E-state index < -0.39 is 55.0 Å². The van der Waals surface area contributed by atoms with Crippen molar-refractivity contribution in [2.24, 2.45) is 5.92 Å². The van der Waals surface area contributed by atoms with Crippen molar-refractivity contribution in [3.8, 4) is 0 Å². The van der Waals surface area contributed by atoms with E-state index in [-0.39, 0.29) is 17.2 Å². The van der Waals surface area contributed by atoms with E-state index in [4.69, 9.17) is 0 Å². The van der Waals surface area contributed by atoms with E-state index in [0.29, 0.717) is 0 Å². The maximum Gasteiger partial charge on any atom is 0.429 e. The zero-order chi connectivity index (χ0) is 22.7. The lowest BCUT2D eigenvalue weighted by atomic mass is 9.81. The van der Waals surface area contributed by atoms with E-state index in [1.54, 1.807) is 6.07 Å². The molecule has 0 bridgehead atoms. The molecule has 1 heterocycles. The minimum absolute atomic E-state index is 0.190. The van der Waals surface area contributed by atoms with Crippen molar-refractivity contribution in [1.29, 1.82) is 0 Å². The SMILES string of the molecule is CCOC(=O)[C@@H]1[C@H](C(=O)OCC)N(Cc2ccccc2)OC1(C(F)(F)F)C(F)(F)F. The molecule has 168 valence electrons. The van der Waals surface area contributed by atoms with Crippen LogP contribution in [-0.4, -0.2) is 54.2 Å². The molecular weight excluding hydrogens is 424 g/mol. The van der Waals surface area contributed by atoms with Crippen LogP contribution in [0.25, 0.3) is 0 Å². The van der Waals surface area contributed by atoms with Crippen LogP contribution in [0, 0.1) is 5.92 Å². The molecule has 0 aromatic heterocycles. The second-order valence-corrected chi connectivity index (χ2v) is 6.31. The topological polar surface area (TPSA) is 65.1 Å². The summed E-state index contributed by atoms with van der Waals surface area (Å²) in [5.74, 6) is -6.43. The molecule has 2 rings (SSSR count). The Hall–Kier alpha value is -2.34. The number of nitrogens with zero attached hydrogens (tertiary/aromatic N) is 1. The predicted octanol–water partition coefficient (Wildman–Crippen LogP) is 3.41. The number of hydroxylamine groups is 2. The van der Waals surface area contributed by atoms with E-state index in [9.17, 15) is 35.9 Å². The summed E-state index contributed by atoms with van der Waals surface area (Å²) in [6, 6.07) is 5.04. The third-order valence-electron chi connectivity index (χ3n) is 4.42. The number of halogens is 6. The molecule has 0 aliphatic carbocycles. The van der Waals surface area contributed by atoms with Crippen molar-refractivity contribution in [1.82, 2.24) is 5.06 Å². The van der Waals surface area contributed by atoms with Crippen molar-refractivity contribution >= 4 is 11.9 Å². The number of carbonyl (C=O) groups is 2. The highest BCUT2D eigenvalue weighted by Gasteiger charge is 2.84. The van der Waals surface area contributed by atoms with Crippen LogP contribution < -0.4 is 0 Å². The molecule has 1 aliphatic rings. The first-order valence-corrected chi connectivity index (χ1v) is 8.87. The Balaban J connectivity index is 2.68. The lowest BCUT2D eigenvalue weighted by Gasteiger charge is -2.35. The maximum atomic E-state index is 13.9. The molecule has 0 N–H and O–H groups in total. The van der Waals surface area contributed by atoms with Gasteiger partial charge in [0.05, 0.1) is 19.8 Å². The van der Waals surface area contributed by atoms with Gasteiger partial charge in [0.25, 0.3) is 5.60 Å². The van der Waals surface area contributed by atoms with E-state index >= 15 is 0 Å². The Morgan fingerprint density at radius 3 is 1.93 bits per heavy atom. The summed E-state index contributed by atoms with van der Waals surface area (Å²) in [5.41, 5.74) is -4.74. The molecule has 0 unspecified atom stereocenters. The van der Waals surface area contributed by atoms with Crippen molar-refractivity contribution in [3.63, 3.8) is 0 Å². The van der Waals surface area contributed by atoms with Crippen LogP contribution in [0.15, 0.2) is 30.3 Å². The fourth-order valence-corrected chi connectivity index (χ4v) is 3.21. The molecule has 0 spiro atoms. The number of ether oxygens (including phenoxy) is 2. The molecule has 1 aromatic rings. The van der Waals surface area contributed by atoms with Crippen LogP contribution in [0.3, 0.4) is 0 Å². The largest absolute Gasteiger partial charge is 0.466 e. The average molecular weight is 443 g/mol. The monoisotopic (exact) mass is 443 g/mol. The molecule has 6 nitrogen and oxygen atoms in total. The van der Waals surface area contributed by atoms with Crippen molar-refractivity contribution < 1.29 is 50.2 Å². The minimum Gasteiger partial charge on any atom is -0.466 e. The van der Waals surface area contributed by atoms with Gasteiger partial charge in [0.1, 0.15) is 12.0 Å². The van der Waals surface area contributed by atoms with Crippen LogP contribution in [0.1, 0.15) is 19.4 Å². The van der Waals surface area contributed by atoms with Crippen molar-refractivity contribution in [2.45, 2.75) is 44.4 Å². The quantitative estimate of drug-likeness (QED) is 0.496. The second-order valence-electron chi connectivity index (χ2n) is 6.31. The maximum absolute atomic E-state index is 13.9. The highest BCUT2D eigenvalue weighted by molar-refractivity contribution is 5.86. The molecule has 1 saturated heterocycles. The second kappa shape index (κ2) is 8.80. The highest BCUT2D eigenvalue weighted by atomic mass is 19.4. The Labute approximate surface area is 167 Å². The Morgan fingerprint density at radius 1 is 0.967 bits per heavy atom. The Morgan fingerprint density at radius 2 is 1.47 bits per heavy atom. The van der Waals surface area contributed by atoms with Gasteiger partial charge < -0.3 is 9.47 Å². The summed E-state index contributed by atoms with van der Waals surface area (Å²) >= 11 is 0. The third-order valence-corrected chi connectivity index (χ3v) is 4.42. The fraction of sp³-hybridized carbons (Fsp3) is 0.556. The number of alkyl halides is 6. The first-order valence-electron chi connectivity index (χ1n) is 8.87. The van der Waals surface area contributed by atoms with Gasteiger partial charge in [0.2, 0.25) is 0 Å². The molecule has 1 aliphatic heterocycles. The highest BCUT2D eigenvalue weighted by Crippen LogP contribution is 2.56. The smallest absolute Gasteiger partial charge is 0.429 e.